The lowest BCUT2D eigenvalue weighted by atomic mass is 10.2. The Labute approximate surface area is 92.6 Å². The van der Waals surface area contributed by atoms with Crippen LogP contribution >= 0.6 is 11.3 Å². The molecule has 2 heterocycles. The Morgan fingerprint density at radius 3 is 3.07 bits per heavy atom. The largest absolute Gasteiger partial charge is 0.340 e. The van der Waals surface area contributed by atoms with Crippen LogP contribution in [-0.4, -0.2) is 21.0 Å². The van der Waals surface area contributed by atoms with Gasteiger partial charge < -0.3 is 10.7 Å². The normalized spacial score (nSPS) is 12.9. The number of rotatable bonds is 4. The van der Waals surface area contributed by atoms with E-state index in [1.54, 1.807) is 17.5 Å². The third kappa shape index (κ3) is 2.64. The molecule has 0 bridgehead atoms. The summed E-state index contributed by atoms with van der Waals surface area (Å²) in [6.07, 6.45) is 5.46. The van der Waals surface area contributed by atoms with Crippen LogP contribution in [0.5, 0.6) is 0 Å². The van der Waals surface area contributed by atoms with Crippen LogP contribution in [0.3, 0.4) is 0 Å². The van der Waals surface area contributed by atoms with E-state index in [-0.39, 0.29) is 6.04 Å². The third-order valence-corrected chi connectivity index (χ3v) is 2.93. The lowest BCUT2D eigenvalue weighted by molar-refractivity contribution is 0.652. The van der Waals surface area contributed by atoms with Crippen LogP contribution in [0, 0.1) is 0 Å². The van der Waals surface area contributed by atoms with Crippen LogP contribution in [0.25, 0.3) is 10.7 Å². The first-order valence-corrected chi connectivity index (χ1v) is 5.83. The highest BCUT2D eigenvalue weighted by molar-refractivity contribution is 7.13. The van der Waals surface area contributed by atoms with E-state index in [9.17, 15) is 0 Å². The van der Waals surface area contributed by atoms with Crippen molar-refractivity contribution in [3.05, 3.63) is 23.6 Å². The first kappa shape index (κ1) is 10.3. The van der Waals surface area contributed by atoms with E-state index in [0.29, 0.717) is 0 Å². The second kappa shape index (κ2) is 4.55. The number of aromatic amines is 1. The quantitative estimate of drug-likeness (QED) is 0.829. The lowest BCUT2D eigenvalue weighted by Gasteiger charge is -2.01. The number of nitrogens with two attached hydrogens (primary N) is 1. The van der Waals surface area contributed by atoms with Gasteiger partial charge in [-0.1, -0.05) is 0 Å². The van der Waals surface area contributed by atoms with Gasteiger partial charge in [-0.3, -0.25) is 0 Å². The minimum Gasteiger partial charge on any atom is -0.340 e. The molecule has 2 rings (SSSR count). The van der Waals surface area contributed by atoms with Crippen molar-refractivity contribution in [1.82, 2.24) is 15.0 Å². The Hall–Kier alpha value is -1.20. The highest BCUT2D eigenvalue weighted by atomic mass is 32.1. The van der Waals surface area contributed by atoms with Gasteiger partial charge in [0.05, 0.1) is 11.9 Å². The third-order valence-electron chi connectivity index (χ3n) is 2.13. The van der Waals surface area contributed by atoms with Crippen molar-refractivity contribution < 1.29 is 0 Å². The summed E-state index contributed by atoms with van der Waals surface area (Å²) in [6, 6.07) is 0.221. The topological polar surface area (TPSA) is 67.6 Å². The minimum atomic E-state index is 0.221. The molecule has 0 saturated carbocycles. The highest BCUT2D eigenvalue weighted by Gasteiger charge is 2.05. The molecule has 0 amide bonds. The van der Waals surface area contributed by atoms with Gasteiger partial charge in [0, 0.05) is 24.0 Å². The van der Waals surface area contributed by atoms with Crippen molar-refractivity contribution in [2.75, 3.05) is 0 Å². The standard InChI is InChI=1S/C10H14N4S/c1-7(11)2-3-9-13-6-8(14-9)10-12-4-5-15-10/h4-7H,2-3,11H2,1H3,(H,13,14). The van der Waals surface area contributed by atoms with Gasteiger partial charge in [0.15, 0.2) is 0 Å². The van der Waals surface area contributed by atoms with Gasteiger partial charge in [-0.05, 0) is 13.3 Å². The highest BCUT2D eigenvalue weighted by Crippen LogP contribution is 2.19. The molecule has 0 spiro atoms. The van der Waals surface area contributed by atoms with Crippen LogP contribution in [0.1, 0.15) is 19.2 Å². The molecule has 80 valence electrons. The predicted molar refractivity (Wildman–Crippen MR) is 61.7 cm³/mol. The molecule has 3 N–H and O–H groups in total. The average molecular weight is 222 g/mol. The van der Waals surface area contributed by atoms with Crippen molar-refractivity contribution in [2.24, 2.45) is 5.73 Å². The number of nitrogens with zero attached hydrogens (tertiary/aromatic N) is 2. The number of hydrogen-bond acceptors (Lipinski definition) is 4. The Bertz CT molecular complexity index is 405. The SMILES string of the molecule is CC(N)CCc1ncc(-c2nccs2)[nH]1. The van der Waals surface area contributed by atoms with E-state index in [2.05, 4.69) is 15.0 Å². The summed E-state index contributed by atoms with van der Waals surface area (Å²) < 4.78 is 0. The summed E-state index contributed by atoms with van der Waals surface area (Å²) in [5.41, 5.74) is 6.68. The molecule has 0 fully saturated rings. The second-order valence-electron chi connectivity index (χ2n) is 3.60. The maximum absolute atomic E-state index is 5.69. The van der Waals surface area contributed by atoms with Gasteiger partial charge in [0.25, 0.3) is 0 Å². The molecule has 1 unspecified atom stereocenters. The van der Waals surface area contributed by atoms with Crippen LogP contribution < -0.4 is 5.73 Å². The zero-order valence-corrected chi connectivity index (χ0v) is 9.42. The zero-order valence-electron chi connectivity index (χ0n) is 8.60. The number of aryl methyl sites for hydroxylation is 1. The summed E-state index contributed by atoms with van der Waals surface area (Å²) in [5, 5.41) is 2.94. The number of nitrogens with one attached hydrogen (secondary N) is 1. The van der Waals surface area contributed by atoms with Crippen molar-refractivity contribution >= 4 is 11.3 Å². The van der Waals surface area contributed by atoms with Crippen LogP contribution in [-0.2, 0) is 6.42 Å². The van der Waals surface area contributed by atoms with Crippen LogP contribution in [0.2, 0.25) is 0 Å². The molecule has 15 heavy (non-hydrogen) atoms. The maximum atomic E-state index is 5.69. The molecule has 0 saturated heterocycles. The first-order chi connectivity index (χ1) is 7.25. The van der Waals surface area contributed by atoms with Gasteiger partial charge in [-0.2, -0.15) is 0 Å². The molecule has 2 aromatic rings. The zero-order chi connectivity index (χ0) is 10.7. The summed E-state index contributed by atoms with van der Waals surface area (Å²) >= 11 is 1.61. The molecule has 2 aromatic heterocycles. The molecule has 0 radical (unpaired) electrons. The Morgan fingerprint density at radius 1 is 1.53 bits per heavy atom. The lowest BCUT2D eigenvalue weighted by Crippen LogP contribution is -2.15. The second-order valence-corrected chi connectivity index (χ2v) is 4.49. The fraction of sp³-hybridized carbons (Fsp3) is 0.400. The fourth-order valence-electron chi connectivity index (χ4n) is 1.32. The van der Waals surface area contributed by atoms with E-state index in [1.165, 1.54) is 0 Å². The number of thiazole rings is 1. The van der Waals surface area contributed by atoms with Crippen molar-refractivity contribution in [3.63, 3.8) is 0 Å². The molecule has 0 aliphatic rings. The van der Waals surface area contributed by atoms with E-state index >= 15 is 0 Å². The van der Waals surface area contributed by atoms with Crippen LogP contribution in [0.4, 0.5) is 0 Å². The van der Waals surface area contributed by atoms with Crippen molar-refractivity contribution in [2.45, 2.75) is 25.8 Å². The number of aromatic nitrogens is 3. The van der Waals surface area contributed by atoms with Gasteiger partial charge in [-0.15, -0.1) is 11.3 Å². The van der Waals surface area contributed by atoms with E-state index in [0.717, 1.165) is 29.4 Å². The molecule has 1 atom stereocenters. The summed E-state index contributed by atoms with van der Waals surface area (Å²) in [7, 11) is 0. The Balaban J connectivity index is 2.04. The van der Waals surface area contributed by atoms with Crippen LogP contribution in [0.15, 0.2) is 17.8 Å². The molecule has 5 heteroatoms. The monoisotopic (exact) mass is 222 g/mol. The molecular weight excluding hydrogens is 208 g/mol. The molecule has 0 aliphatic heterocycles. The smallest absolute Gasteiger partial charge is 0.141 e. The Kier molecular flexibility index (Phi) is 3.13. The van der Waals surface area contributed by atoms with E-state index < -0.39 is 0 Å². The van der Waals surface area contributed by atoms with Crippen molar-refractivity contribution in [3.8, 4) is 10.7 Å². The molecule has 0 aliphatic carbocycles. The van der Waals surface area contributed by atoms with Gasteiger partial charge >= 0.3 is 0 Å². The van der Waals surface area contributed by atoms with E-state index in [4.69, 9.17) is 5.73 Å². The number of H-pyrrole nitrogens is 1. The molecular formula is C10H14N4S. The number of hydrogen-bond donors (Lipinski definition) is 2. The predicted octanol–water partition coefficient (Wildman–Crippen LogP) is 1.81. The summed E-state index contributed by atoms with van der Waals surface area (Å²) in [6.45, 7) is 2.00. The van der Waals surface area contributed by atoms with E-state index in [1.807, 2.05) is 18.5 Å². The molecule has 0 aromatic carbocycles. The first-order valence-electron chi connectivity index (χ1n) is 4.95. The Morgan fingerprint density at radius 2 is 2.40 bits per heavy atom. The average Bonchev–Trinajstić information content (AvgIpc) is 2.85. The van der Waals surface area contributed by atoms with Gasteiger partial charge in [-0.25, -0.2) is 9.97 Å². The van der Waals surface area contributed by atoms with Gasteiger partial charge in [0.1, 0.15) is 10.8 Å². The van der Waals surface area contributed by atoms with Gasteiger partial charge in [0.2, 0.25) is 0 Å². The molecule has 4 nitrogen and oxygen atoms in total. The summed E-state index contributed by atoms with van der Waals surface area (Å²) in [5.74, 6) is 0.984. The fourth-order valence-corrected chi connectivity index (χ4v) is 1.92. The number of imidazole rings is 1. The summed E-state index contributed by atoms with van der Waals surface area (Å²) in [4.78, 5) is 11.8. The minimum absolute atomic E-state index is 0.221. The van der Waals surface area contributed by atoms with Crippen molar-refractivity contribution in [1.29, 1.82) is 0 Å². The maximum Gasteiger partial charge on any atom is 0.141 e.